The van der Waals surface area contributed by atoms with Crippen molar-refractivity contribution in [3.05, 3.63) is 45.9 Å². The lowest BCUT2D eigenvalue weighted by atomic mass is 10.6. The molecule has 0 radical (unpaired) electrons. The maximum absolute atomic E-state index is 11.8. The standard InChI is InChI=1S/C13H20O2S4/c14-12(15)13-18(16-6-1-2-7-16)10-5-11-19(13)17-8-3-4-9-17/h1-4,6-9,13,16-19H,5,10-11H2,(H,14,15). The minimum atomic E-state index is -0.524. The van der Waals surface area contributed by atoms with Crippen LogP contribution < -0.4 is 0 Å². The topological polar surface area (TPSA) is 37.3 Å². The number of rotatable bonds is 3. The molecule has 0 aromatic rings. The van der Waals surface area contributed by atoms with Crippen molar-refractivity contribution in [2.75, 3.05) is 11.5 Å². The monoisotopic (exact) mass is 336 g/mol. The normalized spacial score (nSPS) is 40.1. The van der Waals surface area contributed by atoms with Crippen LogP contribution in [0.3, 0.4) is 0 Å². The fraction of sp³-hybridized carbons (Fsp3) is 0.308. The van der Waals surface area contributed by atoms with Gasteiger partial charge in [0.15, 0.2) is 0 Å². The summed E-state index contributed by atoms with van der Waals surface area (Å²) >= 11 is 0. The van der Waals surface area contributed by atoms with Crippen LogP contribution in [0.25, 0.3) is 0 Å². The minimum absolute atomic E-state index is 0.0317. The van der Waals surface area contributed by atoms with E-state index in [0.717, 1.165) is 11.5 Å². The molecule has 108 valence electrons. The van der Waals surface area contributed by atoms with Crippen molar-refractivity contribution in [2.45, 2.75) is 11.0 Å². The lowest BCUT2D eigenvalue weighted by molar-refractivity contribution is -0.134. The number of hydrogen-bond donors (Lipinski definition) is 5. The highest BCUT2D eigenvalue weighted by atomic mass is 33.2. The first kappa shape index (κ1) is 13.8. The third-order valence-corrected chi connectivity index (χ3v) is 20.1. The molecule has 0 aromatic heterocycles. The molecule has 6 heteroatoms. The van der Waals surface area contributed by atoms with Gasteiger partial charge in [-0.25, -0.2) is 0 Å². The molecule has 1 fully saturated rings. The summed E-state index contributed by atoms with van der Waals surface area (Å²) in [4.78, 5) is 11.8. The number of allylic oxidation sites excluding steroid dienone is 4. The summed E-state index contributed by atoms with van der Waals surface area (Å²) < 4.78 is -0.0317. The lowest BCUT2D eigenvalue weighted by Gasteiger charge is -2.47. The van der Waals surface area contributed by atoms with Gasteiger partial charge in [-0.2, -0.15) is 39.7 Å². The second-order valence-electron chi connectivity index (χ2n) is 4.52. The summed E-state index contributed by atoms with van der Waals surface area (Å²) in [6.07, 6.45) is 9.65. The first-order valence-corrected chi connectivity index (χ1v) is 13.9. The molecule has 0 bridgehead atoms. The highest BCUT2D eigenvalue weighted by Crippen LogP contribution is 2.74. The highest BCUT2D eigenvalue weighted by Gasteiger charge is 2.37. The Hall–Kier alpha value is -0.170. The maximum atomic E-state index is 11.8. The molecule has 3 heterocycles. The van der Waals surface area contributed by atoms with Crippen molar-refractivity contribution < 1.29 is 9.90 Å². The fourth-order valence-corrected chi connectivity index (χ4v) is 22.1. The molecule has 3 rings (SSSR count). The van der Waals surface area contributed by atoms with Gasteiger partial charge in [0, 0.05) is 0 Å². The van der Waals surface area contributed by atoms with Gasteiger partial charge in [-0.3, -0.25) is 4.79 Å². The highest BCUT2D eigenvalue weighted by molar-refractivity contribution is 9.03. The Labute approximate surface area is 123 Å². The van der Waals surface area contributed by atoms with E-state index in [1.807, 2.05) is 0 Å². The van der Waals surface area contributed by atoms with Gasteiger partial charge in [-0.05, 0) is 39.6 Å². The van der Waals surface area contributed by atoms with Crippen LogP contribution >= 0.6 is 39.7 Å². The van der Waals surface area contributed by atoms with Crippen LogP contribution in [0.4, 0.5) is 0 Å². The Bertz CT molecular complexity index is 423. The first-order valence-electron chi connectivity index (χ1n) is 6.30. The fourth-order valence-electron chi connectivity index (χ4n) is 2.53. The van der Waals surface area contributed by atoms with E-state index in [2.05, 4.69) is 45.9 Å². The Morgan fingerprint density at radius 2 is 1.32 bits per heavy atom. The van der Waals surface area contributed by atoms with Gasteiger partial charge >= 0.3 is 5.97 Å². The maximum Gasteiger partial charge on any atom is 0.324 e. The molecule has 0 saturated carbocycles. The van der Waals surface area contributed by atoms with Gasteiger partial charge in [0.1, 0.15) is 4.58 Å². The molecular weight excluding hydrogens is 316 g/mol. The van der Waals surface area contributed by atoms with Crippen molar-refractivity contribution in [3.8, 4) is 0 Å². The average molecular weight is 337 g/mol. The third-order valence-electron chi connectivity index (χ3n) is 3.33. The van der Waals surface area contributed by atoms with E-state index in [1.165, 1.54) is 6.42 Å². The molecule has 0 spiro atoms. The molecule has 0 aliphatic carbocycles. The molecule has 3 aliphatic heterocycles. The Morgan fingerprint density at radius 3 is 1.68 bits per heavy atom. The number of aliphatic carboxylic acids is 1. The summed E-state index contributed by atoms with van der Waals surface area (Å²) in [5, 5.41) is 18.8. The summed E-state index contributed by atoms with van der Waals surface area (Å²) in [6.45, 7) is 0. The predicted molar refractivity (Wildman–Crippen MR) is 98.3 cm³/mol. The van der Waals surface area contributed by atoms with Crippen molar-refractivity contribution in [1.82, 2.24) is 0 Å². The molecule has 2 atom stereocenters. The molecule has 0 amide bonds. The molecule has 19 heavy (non-hydrogen) atoms. The van der Waals surface area contributed by atoms with Gasteiger partial charge < -0.3 is 5.11 Å². The van der Waals surface area contributed by atoms with Crippen LogP contribution in [-0.4, -0.2) is 27.2 Å². The van der Waals surface area contributed by atoms with Crippen LogP contribution in [0.15, 0.2) is 45.9 Å². The molecule has 3 aliphatic rings. The minimum Gasteiger partial charge on any atom is -0.480 e. The van der Waals surface area contributed by atoms with Gasteiger partial charge in [-0.15, -0.1) is 0 Å². The zero-order valence-electron chi connectivity index (χ0n) is 10.5. The van der Waals surface area contributed by atoms with E-state index in [9.17, 15) is 9.90 Å². The number of carbonyl (C=O) groups is 1. The number of hydrogen-bond acceptors (Lipinski definition) is 1. The molecule has 1 N–H and O–H groups in total. The Balaban J connectivity index is 1.85. The third kappa shape index (κ3) is 2.82. The number of carboxylic acids is 1. The Morgan fingerprint density at radius 1 is 0.895 bits per heavy atom. The largest absolute Gasteiger partial charge is 0.480 e. The van der Waals surface area contributed by atoms with Crippen LogP contribution in [0.1, 0.15) is 6.42 Å². The zero-order chi connectivity index (χ0) is 13.2. The number of carboxylic acid groups (broad SMARTS) is 1. The molecule has 0 aromatic carbocycles. The lowest BCUT2D eigenvalue weighted by Crippen LogP contribution is -2.26. The van der Waals surface area contributed by atoms with Gasteiger partial charge in [0.25, 0.3) is 0 Å². The van der Waals surface area contributed by atoms with Crippen molar-refractivity contribution in [2.24, 2.45) is 0 Å². The van der Waals surface area contributed by atoms with E-state index in [4.69, 9.17) is 0 Å². The van der Waals surface area contributed by atoms with Gasteiger partial charge in [0.05, 0.1) is 0 Å². The van der Waals surface area contributed by atoms with Crippen molar-refractivity contribution in [3.63, 3.8) is 0 Å². The molecule has 2 unspecified atom stereocenters. The Kier molecular flexibility index (Phi) is 4.41. The quantitative estimate of drug-likeness (QED) is 0.402. The van der Waals surface area contributed by atoms with E-state index in [1.54, 1.807) is 0 Å². The molecular formula is C13H20O2S4. The average Bonchev–Trinajstić information content (AvgIpc) is 3.11. The van der Waals surface area contributed by atoms with E-state index in [-0.39, 0.29) is 44.3 Å². The second kappa shape index (κ2) is 6.08. The molecule has 1 saturated heterocycles. The van der Waals surface area contributed by atoms with Crippen LogP contribution in [0, 0.1) is 0 Å². The zero-order valence-corrected chi connectivity index (χ0v) is 14.0. The van der Waals surface area contributed by atoms with Crippen LogP contribution in [-0.2, 0) is 4.79 Å². The first-order chi connectivity index (χ1) is 9.27. The summed E-state index contributed by atoms with van der Waals surface area (Å²) in [5.74, 6) is 1.79. The van der Waals surface area contributed by atoms with Gasteiger partial charge in [0.2, 0.25) is 0 Å². The summed E-state index contributed by atoms with van der Waals surface area (Å²) in [7, 11) is -1.27. The van der Waals surface area contributed by atoms with Crippen molar-refractivity contribution in [1.29, 1.82) is 0 Å². The van der Waals surface area contributed by atoms with Crippen LogP contribution in [0.2, 0.25) is 0 Å². The molecule has 2 nitrogen and oxygen atoms in total. The van der Waals surface area contributed by atoms with E-state index < -0.39 is 5.97 Å². The number of thiol groups is 4. The second-order valence-corrected chi connectivity index (χ2v) is 17.2. The predicted octanol–water partition coefficient (Wildman–Crippen LogP) is 3.72. The summed E-state index contributed by atoms with van der Waals surface area (Å²) in [5.41, 5.74) is 0. The van der Waals surface area contributed by atoms with Crippen LogP contribution in [0.5, 0.6) is 0 Å². The van der Waals surface area contributed by atoms with Gasteiger partial charge in [-0.1, -0.05) is 24.3 Å². The van der Waals surface area contributed by atoms with Crippen molar-refractivity contribution >= 4 is 45.7 Å². The van der Waals surface area contributed by atoms with E-state index >= 15 is 0 Å². The summed E-state index contributed by atoms with van der Waals surface area (Å²) in [6, 6.07) is 0. The smallest absolute Gasteiger partial charge is 0.324 e. The SMILES string of the molecule is O=C(O)C1[SH]([SH]2C=CC=C2)CCC[SH]1[SH]1C=CC=C1. The van der Waals surface area contributed by atoms with E-state index in [0.29, 0.717) is 0 Å².